The molecule has 2 aromatic heterocycles. The molecule has 0 atom stereocenters. The molecule has 0 saturated heterocycles. The lowest BCUT2D eigenvalue weighted by Crippen LogP contribution is -2.12. The fourth-order valence-corrected chi connectivity index (χ4v) is 4.24. The molecule has 1 aromatic carbocycles. The highest BCUT2D eigenvalue weighted by atomic mass is 32.2. The molecule has 0 amide bonds. The second-order valence-electron chi connectivity index (χ2n) is 7.88. The fourth-order valence-electron chi connectivity index (χ4n) is 3.37. The molecule has 0 saturated carbocycles. The Morgan fingerprint density at radius 1 is 0.900 bits per heavy atom. The van der Waals surface area contributed by atoms with E-state index in [1.165, 1.54) is 6.07 Å². The molecule has 9 heteroatoms. The van der Waals surface area contributed by atoms with Crippen LogP contribution in [0, 0.1) is 0 Å². The van der Waals surface area contributed by atoms with E-state index >= 15 is 0 Å². The van der Waals surface area contributed by atoms with Crippen LogP contribution in [0.1, 0.15) is 76.0 Å². The van der Waals surface area contributed by atoms with Crippen LogP contribution in [0.25, 0.3) is 11.5 Å². The molecule has 0 aliphatic carbocycles. The van der Waals surface area contributed by atoms with Gasteiger partial charge < -0.3 is 0 Å². The molecular formula is C21H29N5O3S. The van der Waals surface area contributed by atoms with Crippen molar-refractivity contribution in [3.05, 3.63) is 53.2 Å². The third-order valence-corrected chi connectivity index (χ3v) is 5.50. The van der Waals surface area contributed by atoms with Gasteiger partial charge in [-0.15, -0.1) is 5.10 Å². The molecule has 2 heterocycles. The quantitative estimate of drug-likeness (QED) is 0.568. The van der Waals surface area contributed by atoms with Crippen molar-refractivity contribution >= 4 is 10.1 Å². The van der Waals surface area contributed by atoms with Crippen LogP contribution in [0.3, 0.4) is 0 Å². The second-order valence-corrected chi connectivity index (χ2v) is 9.27. The van der Waals surface area contributed by atoms with Gasteiger partial charge in [-0.05, 0) is 63.1 Å². The maximum Gasteiger partial charge on any atom is 0.294 e. The van der Waals surface area contributed by atoms with Crippen molar-refractivity contribution in [1.82, 2.24) is 25.6 Å². The molecule has 0 unspecified atom stereocenters. The van der Waals surface area contributed by atoms with E-state index in [0.717, 1.165) is 22.4 Å². The normalized spacial score (nSPS) is 11.7. The molecule has 0 spiro atoms. The van der Waals surface area contributed by atoms with E-state index in [0.29, 0.717) is 11.7 Å². The molecule has 0 bridgehead atoms. The highest BCUT2D eigenvalue weighted by Gasteiger charge is 2.25. The van der Waals surface area contributed by atoms with Gasteiger partial charge in [0.2, 0.25) is 0 Å². The van der Waals surface area contributed by atoms with Crippen LogP contribution in [-0.2, 0) is 10.1 Å². The van der Waals surface area contributed by atoms with Crippen molar-refractivity contribution in [2.24, 2.45) is 0 Å². The van der Waals surface area contributed by atoms with Crippen molar-refractivity contribution in [1.29, 1.82) is 0 Å². The van der Waals surface area contributed by atoms with Gasteiger partial charge in [-0.2, -0.15) is 8.42 Å². The van der Waals surface area contributed by atoms with Crippen molar-refractivity contribution in [3.63, 3.8) is 0 Å². The summed E-state index contributed by atoms with van der Waals surface area (Å²) in [7, 11) is -4.18. The zero-order chi connectivity index (χ0) is 22.5. The molecule has 162 valence electrons. The lowest BCUT2D eigenvalue weighted by Gasteiger charge is -2.24. The Labute approximate surface area is 177 Å². The average Bonchev–Trinajstić information content (AvgIpc) is 3.22. The Morgan fingerprint density at radius 2 is 1.57 bits per heavy atom. The molecule has 0 aliphatic heterocycles. The van der Waals surface area contributed by atoms with Crippen LogP contribution >= 0.6 is 0 Å². The van der Waals surface area contributed by atoms with Crippen molar-refractivity contribution in [2.45, 2.75) is 64.2 Å². The van der Waals surface area contributed by atoms with Gasteiger partial charge in [0.05, 0.1) is 4.90 Å². The first-order valence-corrected chi connectivity index (χ1v) is 11.3. The second kappa shape index (κ2) is 9.90. The molecular weight excluding hydrogens is 402 g/mol. The standard InChI is InChI=1S/C15H24O3S.C6H5N5/c1-9(2)12-7-8-13(19(16,17)18)15(11(5)6)14(12)10(3)4;1-2-4-7-5(3-1)6-8-10-11-9-6/h7-11H,1-6H3,(H,16,17,18);1-4H,(H,8,9,10,11). The average molecular weight is 432 g/mol. The Bertz CT molecular complexity index is 1050. The Kier molecular flexibility index (Phi) is 7.80. The van der Waals surface area contributed by atoms with E-state index in [9.17, 15) is 13.0 Å². The maximum atomic E-state index is 11.6. The zero-order valence-electron chi connectivity index (χ0n) is 18.2. The van der Waals surface area contributed by atoms with Gasteiger partial charge in [-0.25, -0.2) is 5.10 Å². The highest BCUT2D eigenvalue weighted by molar-refractivity contribution is 7.85. The zero-order valence-corrected chi connectivity index (χ0v) is 19.0. The molecule has 8 nitrogen and oxygen atoms in total. The molecule has 3 rings (SSSR count). The van der Waals surface area contributed by atoms with Gasteiger partial charge in [0.25, 0.3) is 10.1 Å². The summed E-state index contributed by atoms with van der Waals surface area (Å²) >= 11 is 0. The van der Waals surface area contributed by atoms with Crippen LogP contribution < -0.4 is 0 Å². The summed E-state index contributed by atoms with van der Waals surface area (Å²) in [6.07, 6.45) is 1.69. The number of aromatic amines is 1. The van der Waals surface area contributed by atoms with E-state index in [1.807, 2.05) is 38.1 Å². The van der Waals surface area contributed by atoms with E-state index in [2.05, 4.69) is 53.3 Å². The summed E-state index contributed by atoms with van der Waals surface area (Å²) < 4.78 is 32.6. The van der Waals surface area contributed by atoms with Crippen molar-refractivity contribution in [3.8, 4) is 11.5 Å². The summed E-state index contributed by atoms with van der Waals surface area (Å²) in [5.41, 5.74) is 3.72. The number of tetrazole rings is 1. The van der Waals surface area contributed by atoms with E-state index < -0.39 is 10.1 Å². The molecule has 2 N–H and O–H groups in total. The summed E-state index contributed by atoms with van der Waals surface area (Å²) in [5, 5.41) is 13.2. The third kappa shape index (κ3) is 5.70. The monoisotopic (exact) mass is 431 g/mol. The van der Waals surface area contributed by atoms with Crippen LogP contribution in [0.15, 0.2) is 41.4 Å². The minimum atomic E-state index is -4.18. The summed E-state index contributed by atoms with van der Waals surface area (Å²) in [6.45, 7) is 12.2. The number of hydrogen-bond acceptors (Lipinski definition) is 6. The lowest BCUT2D eigenvalue weighted by atomic mass is 9.83. The number of hydrogen-bond donors (Lipinski definition) is 2. The number of benzene rings is 1. The minimum absolute atomic E-state index is 0.0491. The number of H-pyrrole nitrogens is 1. The number of aromatic nitrogens is 5. The van der Waals surface area contributed by atoms with Gasteiger partial charge in [0, 0.05) is 6.20 Å². The maximum absolute atomic E-state index is 11.6. The number of rotatable bonds is 5. The van der Waals surface area contributed by atoms with Crippen molar-refractivity contribution in [2.75, 3.05) is 0 Å². The van der Waals surface area contributed by atoms with Crippen LogP contribution in [0.2, 0.25) is 0 Å². The number of nitrogens with one attached hydrogen (secondary N) is 1. The molecule has 0 fully saturated rings. The summed E-state index contributed by atoms with van der Waals surface area (Å²) in [4.78, 5) is 4.10. The molecule has 30 heavy (non-hydrogen) atoms. The predicted octanol–water partition coefficient (Wildman–Crippen LogP) is 4.57. The highest BCUT2D eigenvalue weighted by Crippen LogP contribution is 2.37. The smallest absolute Gasteiger partial charge is 0.282 e. The first-order valence-electron chi connectivity index (χ1n) is 9.83. The fraction of sp³-hybridized carbons (Fsp3) is 0.429. The largest absolute Gasteiger partial charge is 0.294 e. The topological polar surface area (TPSA) is 122 Å². The van der Waals surface area contributed by atoms with Gasteiger partial charge in [0.1, 0.15) is 5.69 Å². The van der Waals surface area contributed by atoms with E-state index in [1.54, 1.807) is 6.20 Å². The summed E-state index contributed by atoms with van der Waals surface area (Å²) in [5.74, 6) is 1.18. The van der Waals surface area contributed by atoms with Gasteiger partial charge in [-0.1, -0.05) is 53.7 Å². The molecule has 3 aromatic rings. The third-order valence-electron chi connectivity index (χ3n) is 4.59. The summed E-state index contributed by atoms with van der Waals surface area (Å²) in [6, 6.07) is 8.92. The predicted molar refractivity (Wildman–Crippen MR) is 116 cm³/mol. The minimum Gasteiger partial charge on any atom is -0.282 e. The Balaban J connectivity index is 0.000000244. The Hall–Kier alpha value is -2.65. The van der Waals surface area contributed by atoms with Crippen LogP contribution in [-0.4, -0.2) is 38.6 Å². The SMILES string of the molecule is CC(C)c1ccc(S(=O)(=O)O)c(C(C)C)c1C(C)C.c1ccc(-c2nnn[nH]2)nc1. The van der Waals surface area contributed by atoms with Gasteiger partial charge >= 0.3 is 0 Å². The Morgan fingerprint density at radius 3 is 2.00 bits per heavy atom. The lowest BCUT2D eigenvalue weighted by molar-refractivity contribution is 0.480. The van der Waals surface area contributed by atoms with Gasteiger partial charge in [0.15, 0.2) is 5.82 Å². The first kappa shape index (κ1) is 23.6. The van der Waals surface area contributed by atoms with Crippen molar-refractivity contribution < 1.29 is 13.0 Å². The van der Waals surface area contributed by atoms with Crippen LogP contribution in [0.4, 0.5) is 0 Å². The molecule has 0 aliphatic rings. The number of nitrogens with zero attached hydrogens (tertiary/aromatic N) is 4. The van der Waals surface area contributed by atoms with Crippen LogP contribution in [0.5, 0.6) is 0 Å². The number of pyridine rings is 1. The van der Waals surface area contributed by atoms with E-state index in [4.69, 9.17) is 0 Å². The first-order chi connectivity index (χ1) is 14.0. The van der Waals surface area contributed by atoms with Gasteiger partial charge in [-0.3, -0.25) is 9.54 Å². The molecule has 0 radical (unpaired) electrons. The van der Waals surface area contributed by atoms with E-state index in [-0.39, 0.29) is 16.7 Å².